The number of carbonyl (C=O) groups is 1. The Labute approximate surface area is 81.5 Å². The zero-order valence-electron chi connectivity index (χ0n) is 7.15. The number of anilines is 1. The smallest absolute Gasteiger partial charge is 0.422 e. The predicted octanol–water partition coefficient (Wildman–Crippen LogP) is 0.982. The Balaban J connectivity index is 2.38. The summed E-state index contributed by atoms with van der Waals surface area (Å²) in [5, 5.41) is 8.52. The van der Waals surface area contributed by atoms with Crippen molar-refractivity contribution in [3.63, 3.8) is 0 Å². The van der Waals surface area contributed by atoms with E-state index in [-0.39, 0.29) is 5.95 Å². The molecule has 9 heteroatoms. The molecule has 0 unspecified atom stereocenters. The zero-order valence-corrected chi connectivity index (χ0v) is 7.15. The van der Waals surface area contributed by atoms with Crippen LogP contribution < -0.4 is 5.32 Å². The molecular weight excluding hydrogens is 217 g/mol. The maximum atomic E-state index is 11.6. The third-order valence-electron chi connectivity index (χ3n) is 1.06. The van der Waals surface area contributed by atoms with Crippen LogP contribution in [0.2, 0.25) is 0 Å². The molecule has 0 fully saturated rings. The number of aromatic nitrogens is 3. The number of amides is 1. The summed E-state index contributed by atoms with van der Waals surface area (Å²) in [6.45, 7) is -1.67. The van der Waals surface area contributed by atoms with Gasteiger partial charge in [-0.15, -0.1) is 5.10 Å². The van der Waals surface area contributed by atoms with Gasteiger partial charge in [0.15, 0.2) is 6.61 Å². The highest BCUT2D eigenvalue weighted by Gasteiger charge is 2.29. The van der Waals surface area contributed by atoms with Crippen molar-refractivity contribution in [3.05, 3.63) is 12.4 Å². The summed E-state index contributed by atoms with van der Waals surface area (Å²) in [4.78, 5) is 14.2. The SMILES string of the molecule is O=C(Nc1nccnn1)OCC(F)(F)F. The van der Waals surface area contributed by atoms with Gasteiger partial charge in [0.2, 0.25) is 0 Å². The fraction of sp³-hybridized carbons (Fsp3) is 0.333. The number of carbonyl (C=O) groups excluding carboxylic acids is 1. The van der Waals surface area contributed by atoms with E-state index in [0.717, 1.165) is 0 Å². The van der Waals surface area contributed by atoms with E-state index in [4.69, 9.17) is 0 Å². The lowest BCUT2D eigenvalue weighted by Gasteiger charge is -2.07. The molecule has 1 heterocycles. The van der Waals surface area contributed by atoms with Gasteiger partial charge in [-0.25, -0.2) is 9.78 Å². The first-order chi connectivity index (χ1) is 6.97. The van der Waals surface area contributed by atoms with Gasteiger partial charge < -0.3 is 4.74 Å². The fourth-order valence-electron chi connectivity index (χ4n) is 0.580. The summed E-state index contributed by atoms with van der Waals surface area (Å²) in [6, 6.07) is 0. The first kappa shape index (κ1) is 11.1. The van der Waals surface area contributed by atoms with E-state index in [1.54, 1.807) is 0 Å². The second-order valence-electron chi connectivity index (χ2n) is 2.28. The molecule has 0 spiro atoms. The molecular formula is C6H5F3N4O2. The molecule has 82 valence electrons. The first-order valence-corrected chi connectivity index (χ1v) is 3.61. The Kier molecular flexibility index (Phi) is 3.37. The van der Waals surface area contributed by atoms with Crippen LogP contribution in [0, 0.1) is 0 Å². The monoisotopic (exact) mass is 222 g/mol. The Morgan fingerprint density at radius 3 is 2.73 bits per heavy atom. The number of nitrogens with one attached hydrogen (secondary N) is 1. The number of alkyl halides is 3. The number of hydrogen-bond donors (Lipinski definition) is 1. The molecule has 6 nitrogen and oxygen atoms in total. The van der Waals surface area contributed by atoms with Crippen LogP contribution >= 0.6 is 0 Å². The van der Waals surface area contributed by atoms with E-state index in [1.165, 1.54) is 12.4 Å². The van der Waals surface area contributed by atoms with Gasteiger partial charge >= 0.3 is 12.3 Å². The largest absolute Gasteiger partial charge is 0.440 e. The Morgan fingerprint density at radius 1 is 1.47 bits per heavy atom. The van der Waals surface area contributed by atoms with Gasteiger partial charge in [0.05, 0.1) is 12.4 Å². The fourth-order valence-corrected chi connectivity index (χ4v) is 0.580. The van der Waals surface area contributed by atoms with Gasteiger partial charge in [-0.3, -0.25) is 5.32 Å². The summed E-state index contributed by atoms with van der Waals surface area (Å²) in [6.07, 6.45) is -3.40. The highest BCUT2D eigenvalue weighted by molar-refractivity contribution is 5.81. The van der Waals surface area contributed by atoms with Crippen molar-refractivity contribution in [2.45, 2.75) is 6.18 Å². The molecule has 0 bridgehead atoms. The molecule has 0 aliphatic rings. The van der Waals surface area contributed by atoms with E-state index in [2.05, 4.69) is 19.9 Å². The number of rotatable bonds is 2. The molecule has 15 heavy (non-hydrogen) atoms. The van der Waals surface area contributed by atoms with E-state index in [0.29, 0.717) is 0 Å². The summed E-state index contributed by atoms with van der Waals surface area (Å²) >= 11 is 0. The summed E-state index contributed by atoms with van der Waals surface area (Å²) < 4.78 is 38.6. The van der Waals surface area contributed by atoms with Crippen LogP contribution in [-0.4, -0.2) is 34.1 Å². The van der Waals surface area contributed by atoms with Crippen LogP contribution in [0.25, 0.3) is 0 Å². The number of halogens is 3. The molecule has 1 amide bonds. The standard InChI is InChI=1S/C6H5F3N4O2/c7-6(8,9)3-15-5(14)12-4-10-1-2-11-13-4/h1-2H,3H2,(H,10,12,13,14). The highest BCUT2D eigenvalue weighted by Crippen LogP contribution is 2.14. The molecule has 1 rings (SSSR count). The Morgan fingerprint density at radius 2 is 2.20 bits per heavy atom. The van der Waals surface area contributed by atoms with Crippen molar-refractivity contribution in [1.29, 1.82) is 0 Å². The van der Waals surface area contributed by atoms with Gasteiger partial charge in [0.25, 0.3) is 5.95 Å². The van der Waals surface area contributed by atoms with Crippen molar-refractivity contribution in [1.82, 2.24) is 15.2 Å². The number of ether oxygens (including phenoxy) is 1. The molecule has 0 saturated heterocycles. The second-order valence-corrected chi connectivity index (χ2v) is 2.28. The molecule has 0 radical (unpaired) electrons. The van der Waals surface area contributed by atoms with Gasteiger partial charge in [-0.2, -0.15) is 18.3 Å². The third-order valence-corrected chi connectivity index (χ3v) is 1.06. The van der Waals surface area contributed by atoms with Gasteiger partial charge in [0.1, 0.15) is 0 Å². The topological polar surface area (TPSA) is 77.0 Å². The van der Waals surface area contributed by atoms with Crippen LogP contribution in [0.4, 0.5) is 23.9 Å². The van der Waals surface area contributed by atoms with Gasteiger partial charge in [-0.1, -0.05) is 0 Å². The lowest BCUT2D eigenvalue weighted by atomic mass is 10.7. The van der Waals surface area contributed by atoms with Gasteiger partial charge in [-0.05, 0) is 0 Å². The average molecular weight is 222 g/mol. The minimum absolute atomic E-state index is 0.232. The summed E-state index contributed by atoms with van der Waals surface area (Å²) in [7, 11) is 0. The maximum Gasteiger partial charge on any atom is 0.422 e. The van der Waals surface area contributed by atoms with E-state index in [1.807, 2.05) is 5.32 Å². The first-order valence-electron chi connectivity index (χ1n) is 3.61. The van der Waals surface area contributed by atoms with Crippen molar-refractivity contribution >= 4 is 12.0 Å². The van der Waals surface area contributed by atoms with Crippen LogP contribution in [0.5, 0.6) is 0 Å². The molecule has 0 aromatic carbocycles. The number of hydrogen-bond acceptors (Lipinski definition) is 5. The summed E-state index contributed by atoms with van der Waals surface area (Å²) in [5.41, 5.74) is 0. The van der Waals surface area contributed by atoms with E-state index in [9.17, 15) is 18.0 Å². The van der Waals surface area contributed by atoms with Crippen molar-refractivity contribution in [3.8, 4) is 0 Å². The van der Waals surface area contributed by atoms with E-state index < -0.39 is 18.9 Å². The summed E-state index contributed by atoms with van der Waals surface area (Å²) in [5.74, 6) is -0.232. The minimum Gasteiger partial charge on any atom is -0.440 e. The Bertz CT molecular complexity index is 329. The average Bonchev–Trinajstić information content (AvgIpc) is 2.15. The molecule has 1 aromatic rings. The minimum atomic E-state index is -4.56. The second kappa shape index (κ2) is 4.53. The number of nitrogens with zero attached hydrogens (tertiary/aromatic N) is 3. The van der Waals surface area contributed by atoms with Crippen LogP contribution in [0.15, 0.2) is 12.4 Å². The molecule has 0 atom stereocenters. The van der Waals surface area contributed by atoms with E-state index >= 15 is 0 Å². The normalized spacial score (nSPS) is 10.9. The zero-order chi connectivity index (χ0) is 11.3. The third kappa shape index (κ3) is 4.74. The molecule has 0 saturated carbocycles. The van der Waals surface area contributed by atoms with Crippen molar-refractivity contribution < 1.29 is 22.7 Å². The van der Waals surface area contributed by atoms with Gasteiger partial charge in [0, 0.05) is 0 Å². The van der Waals surface area contributed by atoms with Crippen molar-refractivity contribution in [2.24, 2.45) is 0 Å². The molecule has 0 aliphatic heterocycles. The maximum absolute atomic E-state index is 11.6. The predicted molar refractivity (Wildman–Crippen MR) is 40.9 cm³/mol. The lowest BCUT2D eigenvalue weighted by Crippen LogP contribution is -2.24. The molecule has 1 aromatic heterocycles. The highest BCUT2D eigenvalue weighted by atomic mass is 19.4. The quantitative estimate of drug-likeness (QED) is 0.807. The lowest BCUT2D eigenvalue weighted by molar-refractivity contribution is -0.159. The molecule has 1 N–H and O–H groups in total. The van der Waals surface area contributed by atoms with Crippen LogP contribution in [0.3, 0.4) is 0 Å². The van der Waals surface area contributed by atoms with Crippen LogP contribution in [-0.2, 0) is 4.74 Å². The van der Waals surface area contributed by atoms with Crippen molar-refractivity contribution in [2.75, 3.05) is 11.9 Å². The molecule has 0 aliphatic carbocycles. The van der Waals surface area contributed by atoms with Crippen LogP contribution in [0.1, 0.15) is 0 Å². The Hall–Kier alpha value is -1.93.